The van der Waals surface area contributed by atoms with Crippen LogP contribution in [-0.2, 0) is 19.1 Å². The molecular formula is C22H27NO8. The van der Waals surface area contributed by atoms with Crippen LogP contribution in [0, 0.1) is 11.3 Å². The van der Waals surface area contributed by atoms with Crippen molar-refractivity contribution in [1.29, 1.82) is 0 Å². The lowest BCUT2D eigenvalue weighted by Gasteiger charge is -2.44. The molecule has 9 heteroatoms. The maximum Gasteiger partial charge on any atom is 0.357 e. The molecule has 3 heterocycles. The second-order valence-electron chi connectivity index (χ2n) is 9.08. The molecule has 3 aliphatic rings. The quantitative estimate of drug-likeness (QED) is 0.395. The van der Waals surface area contributed by atoms with Crippen molar-refractivity contribution < 1.29 is 38.7 Å². The summed E-state index contributed by atoms with van der Waals surface area (Å²) in [5.41, 5.74) is 0.916. The van der Waals surface area contributed by atoms with Gasteiger partial charge in [-0.15, -0.1) is 0 Å². The van der Waals surface area contributed by atoms with E-state index in [4.69, 9.17) is 18.9 Å². The molecule has 0 radical (unpaired) electrons. The summed E-state index contributed by atoms with van der Waals surface area (Å²) in [4.78, 5) is 27.0. The highest BCUT2D eigenvalue weighted by molar-refractivity contribution is 6.06. The Labute approximate surface area is 180 Å². The van der Waals surface area contributed by atoms with Crippen LogP contribution in [0.1, 0.15) is 39.7 Å². The second-order valence-corrected chi connectivity index (χ2v) is 9.08. The number of esters is 1. The first-order valence-corrected chi connectivity index (χ1v) is 10.2. The van der Waals surface area contributed by atoms with Gasteiger partial charge in [0.05, 0.1) is 18.1 Å². The van der Waals surface area contributed by atoms with Crippen LogP contribution in [0.3, 0.4) is 0 Å². The molecule has 0 aliphatic carbocycles. The van der Waals surface area contributed by atoms with E-state index in [2.05, 4.69) is 0 Å². The highest BCUT2D eigenvalue weighted by Gasteiger charge is 2.57. The van der Waals surface area contributed by atoms with Crippen LogP contribution in [0.4, 0.5) is 0 Å². The van der Waals surface area contributed by atoms with E-state index in [9.17, 15) is 19.8 Å². The van der Waals surface area contributed by atoms with Gasteiger partial charge in [0.25, 0.3) is 0 Å². The van der Waals surface area contributed by atoms with Gasteiger partial charge in [-0.1, -0.05) is 26.8 Å². The molecule has 4 atom stereocenters. The number of β-lactam (4-membered cyclic amide) rings is 1. The average molecular weight is 433 g/mol. The third kappa shape index (κ3) is 3.77. The first-order valence-electron chi connectivity index (χ1n) is 10.2. The summed E-state index contributed by atoms with van der Waals surface area (Å²) in [5.74, 6) is -0.459. The molecular weight excluding hydrogens is 406 g/mol. The topological polar surface area (TPSA) is 115 Å². The van der Waals surface area contributed by atoms with E-state index in [0.717, 1.165) is 0 Å². The Morgan fingerprint density at radius 3 is 2.65 bits per heavy atom. The summed E-state index contributed by atoms with van der Waals surface area (Å²) in [7, 11) is 0. The zero-order valence-electron chi connectivity index (χ0n) is 18.0. The molecule has 3 aliphatic heterocycles. The van der Waals surface area contributed by atoms with E-state index in [0.29, 0.717) is 29.1 Å². The maximum absolute atomic E-state index is 13.0. The maximum atomic E-state index is 13.0. The van der Waals surface area contributed by atoms with Crippen LogP contribution in [0.15, 0.2) is 23.9 Å². The molecule has 31 heavy (non-hydrogen) atoms. The predicted molar refractivity (Wildman–Crippen MR) is 107 cm³/mol. The van der Waals surface area contributed by atoms with Crippen molar-refractivity contribution in [3.05, 3.63) is 29.5 Å². The number of carbonyl (C=O) groups is 2. The Morgan fingerprint density at radius 2 is 1.97 bits per heavy atom. The SMILES string of the molecule is C[C@@H](O)[C@H]1C(=O)N2C(C(=O)OCOC(O)C(C)(C)C)=C(c3ccc4c(c3)OCO4)C[C@H]12. The van der Waals surface area contributed by atoms with Gasteiger partial charge in [-0.3, -0.25) is 4.79 Å². The van der Waals surface area contributed by atoms with E-state index < -0.39 is 36.5 Å². The van der Waals surface area contributed by atoms with Crippen molar-refractivity contribution in [2.24, 2.45) is 11.3 Å². The molecule has 0 saturated carbocycles. The predicted octanol–water partition coefficient (Wildman–Crippen LogP) is 1.62. The van der Waals surface area contributed by atoms with Gasteiger partial charge in [0, 0.05) is 5.41 Å². The third-order valence-corrected chi connectivity index (χ3v) is 5.80. The van der Waals surface area contributed by atoms with Gasteiger partial charge in [0.1, 0.15) is 5.70 Å². The fourth-order valence-electron chi connectivity index (χ4n) is 4.07. The Kier molecular flexibility index (Phi) is 5.45. The molecule has 0 aromatic heterocycles. The largest absolute Gasteiger partial charge is 0.454 e. The Balaban J connectivity index is 1.59. The number of rotatable bonds is 6. The summed E-state index contributed by atoms with van der Waals surface area (Å²) < 4.78 is 21.2. The van der Waals surface area contributed by atoms with Crippen LogP contribution >= 0.6 is 0 Å². The average Bonchev–Trinajstić information content (AvgIpc) is 3.28. The van der Waals surface area contributed by atoms with E-state index in [1.807, 2.05) is 0 Å². The van der Waals surface area contributed by atoms with E-state index in [1.54, 1.807) is 45.9 Å². The van der Waals surface area contributed by atoms with Gasteiger partial charge in [-0.05, 0) is 36.6 Å². The summed E-state index contributed by atoms with van der Waals surface area (Å²) >= 11 is 0. The van der Waals surface area contributed by atoms with E-state index in [-0.39, 0.29) is 24.4 Å². The number of hydrogen-bond donors (Lipinski definition) is 2. The molecule has 1 fully saturated rings. The number of hydrogen-bond acceptors (Lipinski definition) is 8. The highest BCUT2D eigenvalue weighted by atomic mass is 16.7. The molecule has 1 unspecified atom stereocenters. The number of aliphatic hydroxyl groups excluding tert-OH is 2. The van der Waals surface area contributed by atoms with Crippen molar-refractivity contribution in [3.8, 4) is 11.5 Å². The zero-order valence-corrected chi connectivity index (χ0v) is 18.0. The number of aliphatic hydroxyl groups is 2. The number of ether oxygens (including phenoxy) is 4. The van der Waals surface area contributed by atoms with Gasteiger partial charge in [-0.2, -0.15) is 0 Å². The number of benzene rings is 1. The first-order chi connectivity index (χ1) is 14.6. The van der Waals surface area contributed by atoms with Crippen LogP contribution in [0.2, 0.25) is 0 Å². The van der Waals surface area contributed by atoms with Gasteiger partial charge in [0.15, 0.2) is 24.6 Å². The minimum Gasteiger partial charge on any atom is -0.454 e. The first kappa shape index (κ1) is 21.6. The minimum atomic E-state index is -1.12. The summed E-state index contributed by atoms with van der Waals surface area (Å²) in [6.07, 6.45) is -1.55. The minimum absolute atomic E-state index is 0.123. The molecule has 168 valence electrons. The van der Waals surface area contributed by atoms with Crippen LogP contribution < -0.4 is 9.47 Å². The molecule has 9 nitrogen and oxygen atoms in total. The molecule has 1 aromatic carbocycles. The highest BCUT2D eigenvalue weighted by Crippen LogP contribution is 2.48. The molecule has 1 aromatic rings. The number of fused-ring (bicyclic) bond motifs is 2. The normalized spacial score (nSPS) is 24.1. The summed E-state index contributed by atoms with van der Waals surface area (Å²) in [6.45, 7) is 6.60. The van der Waals surface area contributed by atoms with Gasteiger partial charge >= 0.3 is 5.97 Å². The molecule has 4 rings (SSSR count). The van der Waals surface area contributed by atoms with Gasteiger partial charge in [-0.25, -0.2) is 4.79 Å². The van der Waals surface area contributed by atoms with Crippen LogP contribution in [-0.4, -0.2) is 59.0 Å². The molecule has 0 spiro atoms. The molecule has 1 saturated heterocycles. The second kappa shape index (κ2) is 7.81. The van der Waals surface area contributed by atoms with Crippen molar-refractivity contribution in [1.82, 2.24) is 4.90 Å². The van der Waals surface area contributed by atoms with Crippen LogP contribution in [0.25, 0.3) is 5.57 Å². The molecule has 1 amide bonds. The van der Waals surface area contributed by atoms with Crippen molar-refractivity contribution in [3.63, 3.8) is 0 Å². The smallest absolute Gasteiger partial charge is 0.357 e. The van der Waals surface area contributed by atoms with E-state index in [1.165, 1.54) is 4.90 Å². The Hall–Kier alpha value is -2.62. The van der Waals surface area contributed by atoms with E-state index >= 15 is 0 Å². The lowest BCUT2D eigenvalue weighted by atomic mass is 9.82. The van der Waals surface area contributed by atoms with Crippen molar-refractivity contribution in [2.45, 2.75) is 52.6 Å². The zero-order chi connectivity index (χ0) is 22.5. The fourth-order valence-corrected chi connectivity index (χ4v) is 4.07. The third-order valence-electron chi connectivity index (χ3n) is 5.80. The fraction of sp³-hybridized carbons (Fsp3) is 0.545. The Morgan fingerprint density at radius 1 is 1.26 bits per heavy atom. The Bertz CT molecular complexity index is 932. The summed E-state index contributed by atoms with van der Waals surface area (Å²) in [5, 5.41) is 20.0. The van der Waals surface area contributed by atoms with Crippen LogP contribution in [0.5, 0.6) is 11.5 Å². The lowest BCUT2D eigenvalue weighted by molar-refractivity contribution is -0.210. The monoisotopic (exact) mass is 433 g/mol. The number of nitrogens with zero attached hydrogens (tertiary/aromatic N) is 1. The van der Waals surface area contributed by atoms with Crippen molar-refractivity contribution in [2.75, 3.05) is 13.6 Å². The lowest BCUT2D eigenvalue weighted by Crippen LogP contribution is -2.61. The molecule has 2 N–H and O–H groups in total. The summed E-state index contributed by atoms with van der Waals surface area (Å²) in [6, 6.07) is 4.99. The number of carbonyl (C=O) groups excluding carboxylic acids is 2. The standard InChI is InChI=1S/C22H27NO8/c1-11(24)17-14-8-13(12-5-6-15-16(7-12)29-9-28-15)18(23(14)19(17)25)20(26)30-10-31-21(27)22(2,3)4/h5-7,11,14,17,21,24,27H,8-10H2,1-4H3/t11-,14-,17-,21?/m1/s1. The molecule has 0 bridgehead atoms. The number of amides is 1. The van der Waals surface area contributed by atoms with Gasteiger partial charge < -0.3 is 34.1 Å². The van der Waals surface area contributed by atoms with Gasteiger partial charge in [0.2, 0.25) is 12.7 Å². The van der Waals surface area contributed by atoms with Crippen molar-refractivity contribution >= 4 is 17.4 Å².